The molecular formula is C13H24N2O3. The number of amides is 2. The molecule has 1 fully saturated rings. The minimum absolute atomic E-state index is 0.284. The Morgan fingerprint density at radius 2 is 1.83 bits per heavy atom. The van der Waals surface area contributed by atoms with Gasteiger partial charge in [0.05, 0.1) is 0 Å². The molecule has 0 aromatic carbocycles. The van der Waals surface area contributed by atoms with Gasteiger partial charge < -0.3 is 15.3 Å². The van der Waals surface area contributed by atoms with E-state index in [4.69, 9.17) is 0 Å². The van der Waals surface area contributed by atoms with Crippen LogP contribution in [0, 0.1) is 5.92 Å². The maximum Gasteiger partial charge on any atom is 0.329 e. The molecule has 0 spiro atoms. The second-order valence-corrected chi connectivity index (χ2v) is 5.65. The van der Waals surface area contributed by atoms with Gasteiger partial charge in [-0.15, -0.1) is 0 Å². The lowest BCUT2D eigenvalue weighted by Crippen LogP contribution is -2.58. The van der Waals surface area contributed by atoms with Crippen LogP contribution in [-0.2, 0) is 4.79 Å². The number of aliphatic carboxylic acids is 1. The molecule has 2 amide bonds. The minimum atomic E-state index is -1.05. The second kappa shape index (κ2) is 6.07. The number of urea groups is 1. The maximum absolute atomic E-state index is 12.0. The first-order valence-corrected chi connectivity index (χ1v) is 6.64. The number of carboxylic acids is 1. The summed E-state index contributed by atoms with van der Waals surface area (Å²) in [5, 5.41) is 12.1. The molecule has 0 bridgehead atoms. The Hall–Kier alpha value is -1.26. The zero-order valence-corrected chi connectivity index (χ0v) is 11.5. The van der Waals surface area contributed by atoms with E-state index in [9.17, 15) is 14.7 Å². The number of nitrogens with one attached hydrogen (secondary N) is 1. The molecule has 2 N–H and O–H groups in total. The zero-order chi connectivity index (χ0) is 13.8. The molecule has 5 heteroatoms. The van der Waals surface area contributed by atoms with Crippen molar-refractivity contribution in [1.82, 2.24) is 10.2 Å². The van der Waals surface area contributed by atoms with E-state index in [1.807, 2.05) is 13.8 Å². The fourth-order valence-corrected chi connectivity index (χ4v) is 2.48. The normalized spacial score (nSPS) is 18.4. The van der Waals surface area contributed by atoms with Gasteiger partial charge in [-0.3, -0.25) is 0 Å². The third-order valence-electron chi connectivity index (χ3n) is 3.45. The summed E-state index contributed by atoms with van der Waals surface area (Å²) in [6.45, 7) is 4.68. The van der Waals surface area contributed by atoms with Gasteiger partial charge in [0.2, 0.25) is 0 Å². The molecule has 0 aromatic heterocycles. The smallest absolute Gasteiger partial charge is 0.329 e. The largest absolute Gasteiger partial charge is 0.480 e. The standard InChI is InChI=1S/C13H24N2O3/c1-10(2)9-15(3)12(18)14-13(11(16)17)7-5-4-6-8-13/h10H,4-9H2,1-3H3,(H,14,18)(H,16,17). The molecule has 1 rings (SSSR count). The molecule has 1 aliphatic carbocycles. The van der Waals surface area contributed by atoms with Crippen LogP contribution in [0.4, 0.5) is 4.79 Å². The van der Waals surface area contributed by atoms with Crippen molar-refractivity contribution < 1.29 is 14.7 Å². The van der Waals surface area contributed by atoms with E-state index in [-0.39, 0.29) is 6.03 Å². The van der Waals surface area contributed by atoms with Gasteiger partial charge in [-0.05, 0) is 18.8 Å². The summed E-state index contributed by atoms with van der Waals surface area (Å²) in [5.41, 5.74) is -1.05. The van der Waals surface area contributed by atoms with Crippen molar-refractivity contribution in [3.8, 4) is 0 Å². The van der Waals surface area contributed by atoms with Gasteiger partial charge in [0.25, 0.3) is 0 Å². The third-order valence-corrected chi connectivity index (χ3v) is 3.45. The van der Waals surface area contributed by atoms with Crippen molar-refractivity contribution in [3.05, 3.63) is 0 Å². The molecule has 104 valence electrons. The highest BCUT2D eigenvalue weighted by molar-refractivity contribution is 5.86. The summed E-state index contributed by atoms with van der Waals surface area (Å²) < 4.78 is 0. The highest BCUT2D eigenvalue weighted by Crippen LogP contribution is 2.28. The number of carboxylic acid groups (broad SMARTS) is 1. The molecule has 0 atom stereocenters. The van der Waals surface area contributed by atoms with Gasteiger partial charge in [-0.2, -0.15) is 0 Å². The first kappa shape index (κ1) is 14.8. The Bertz CT molecular complexity index is 309. The van der Waals surface area contributed by atoms with E-state index < -0.39 is 11.5 Å². The number of nitrogens with zero attached hydrogens (tertiary/aromatic N) is 1. The maximum atomic E-state index is 12.0. The molecule has 1 saturated carbocycles. The van der Waals surface area contributed by atoms with Crippen LogP contribution in [0.15, 0.2) is 0 Å². The first-order valence-electron chi connectivity index (χ1n) is 6.64. The van der Waals surface area contributed by atoms with Crippen LogP contribution in [-0.4, -0.2) is 41.1 Å². The summed E-state index contributed by atoms with van der Waals surface area (Å²) in [7, 11) is 1.70. The molecule has 0 aliphatic heterocycles. The van der Waals surface area contributed by atoms with E-state index in [0.29, 0.717) is 25.3 Å². The molecule has 5 nitrogen and oxygen atoms in total. The lowest BCUT2D eigenvalue weighted by molar-refractivity contribution is -0.145. The fourth-order valence-electron chi connectivity index (χ4n) is 2.48. The van der Waals surface area contributed by atoms with Crippen molar-refractivity contribution in [2.75, 3.05) is 13.6 Å². The van der Waals surface area contributed by atoms with Gasteiger partial charge in [-0.1, -0.05) is 33.1 Å². The molecular weight excluding hydrogens is 232 g/mol. The lowest BCUT2D eigenvalue weighted by atomic mass is 9.82. The SMILES string of the molecule is CC(C)CN(C)C(=O)NC1(C(=O)O)CCCCC1. The van der Waals surface area contributed by atoms with Crippen LogP contribution in [0.3, 0.4) is 0 Å². The number of carbonyl (C=O) groups is 2. The molecule has 1 aliphatic rings. The predicted molar refractivity (Wildman–Crippen MR) is 69.5 cm³/mol. The lowest BCUT2D eigenvalue weighted by Gasteiger charge is -2.35. The van der Waals surface area contributed by atoms with Crippen LogP contribution < -0.4 is 5.32 Å². The van der Waals surface area contributed by atoms with Gasteiger partial charge in [0.15, 0.2) is 0 Å². The number of hydrogen-bond acceptors (Lipinski definition) is 2. The quantitative estimate of drug-likeness (QED) is 0.809. The van der Waals surface area contributed by atoms with E-state index in [2.05, 4.69) is 5.32 Å². The highest BCUT2D eigenvalue weighted by Gasteiger charge is 2.41. The Balaban J connectivity index is 2.66. The second-order valence-electron chi connectivity index (χ2n) is 5.65. The van der Waals surface area contributed by atoms with Gasteiger partial charge in [-0.25, -0.2) is 9.59 Å². The monoisotopic (exact) mass is 256 g/mol. The van der Waals surface area contributed by atoms with Crippen molar-refractivity contribution in [2.45, 2.75) is 51.5 Å². The number of carbonyl (C=O) groups excluding carboxylic acids is 1. The number of hydrogen-bond donors (Lipinski definition) is 2. The summed E-state index contributed by atoms with van der Waals surface area (Å²) >= 11 is 0. The van der Waals surface area contributed by atoms with Crippen LogP contribution >= 0.6 is 0 Å². The first-order chi connectivity index (χ1) is 8.37. The Morgan fingerprint density at radius 3 is 2.28 bits per heavy atom. The van der Waals surface area contributed by atoms with Gasteiger partial charge in [0, 0.05) is 13.6 Å². The Kier molecular flexibility index (Phi) is 4.99. The average Bonchev–Trinajstić information content (AvgIpc) is 2.29. The summed E-state index contributed by atoms with van der Waals surface area (Å²) in [4.78, 5) is 25.0. The van der Waals surface area contributed by atoms with Gasteiger partial charge in [0.1, 0.15) is 5.54 Å². The topological polar surface area (TPSA) is 69.6 Å². The van der Waals surface area contributed by atoms with E-state index in [0.717, 1.165) is 19.3 Å². The van der Waals surface area contributed by atoms with Crippen LogP contribution in [0.5, 0.6) is 0 Å². The van der Waals surface area contributed by atoms with Crippen molar-refractivity contribution >= 4 is 12.0 Å². The molecule has 0 saturated heterocycles. The number of rotatable bonds is 4. The van der Waals surface area contributed by atoms with E-state index in [1.165, 1.54) is 0 Å². The van der Waals surface area contributed by atoms with Crippen LogP contribution in [0.2, 0.25) is 0 Å². The zero-order valence-electron chi connectivity index (χ0n) is 11.5. The molecule has 0 unspecified atom stereocenters. The third kappa shape index (κ3) is 3.62. The minimum Gasteiger partial charge on any atom is -0.480 e. The highest BCUT2D eigenvalue weighted by atomic mass is 16.4. The molecule has 18 heavy (non-hydrogen) atoms. The van der Waals surface area contributed by atoms with Crippen molar-refractivity contribution in [2.24, 2.45) is 5.92 Å². The summed E-state index contributed by atoms with van der Waals surface area (Å²) in [5.74, 6) is -0.540. The molecule has 0 radical (unpaired) electrons. The van der Waals surface area contributed by atoms with Crippen molar-refractivity contribution in [3.63, 3.8) is 0 Å². The predicted octanol–water partition coefficient (Wildman–Crippen LogP) is 2.07. The van der Waals surface area contributed by atoms with Crippen LogP contribution in [0.25, 0.3) is 0 Å². The van der Waals surface area contributed by atoms with Crippen LogP contribution in [0.1, 0.15) is 46.0 Å². The average molecular weight is 256 g/mol. The molecule has 0 heterocycles. The van der Waals surface area contributed by atoms with E-state index in [1.54, 1.807) is 11.9 Å². The summed E-state index contributed by atoms with van der Waals surface area (Å²) in [6, 6.07) is -0.284. The Morgan fingerprint density at radius 1 is 1.28 bits per heavy atom. The molecule has 0 aromatic rings. The summed E-state index contributed by atoms with van der Waals surface area (Å²) in [6.07, 6.45) is 3.83. The fraction of sp³-hybridized carbons (Fsp3) is 0.846. The van der Waals surface area contributed by atoms with E-state index >= 15 is 0 Å². The van der Waals surface area contributed by atoms with Crippen molar-refractivity contribution in [1.29, 1.82) is 0 Å². The Labute approximate surface area is 109 Å². The van der Waals surface area contributed by atoms with Gasteiger partial charge >= 0.3 is 12.0 Å².